The maximum Gasteiger partial charge on any atom is 0.266 e. The minimum absolute atomic E-state index is 0.359. The van der Waals surface area contributed by atoms with Gasteiger partial charge in [-0.3, -0.25) is 0 Å². The largest absolute Gasteiger partial charge is 0.420 e. The number of hydrogen-bond donors (Lipinski definition) is 0. The molecule has 8 heteroatoms. The zero-order valence-corrected chi connectivity index (χ0v) is 12.1. The molecular weight excluding hydrogens is 334 g/mol. The number of aromatic nitrogens is 5. The Hall–Kier alpha value is -1.73. The first-order valence-electron chi connectivity index (χ1n) is 5.32. The van der Waals surface area contributed by atoms with Crippen LogP contribution in [0.1, 0.15) is 5.89 Å². The van der Waals surface area contributed by atoms with Crippen LogP contribution in [-0.2, 0) is 0 Å². The zero-order valence-electron chi connectivity index (χ0n) is 9.71. The van der Waals surface area contributed by atoms with E-state index in [0.29, 0.717) is 32.9 Å². The molecule has 0 saturated carbocycles. The van der Waals surface area contributed by atoms with Crippen LogP contribution in [0.15, 0.2) is 33.4 Å². The Balaban J connectivity index is 2.20. The van der Waals surface area contributed by atoms with Crippen LogP contribution in [0.25, 0.3) is 17.4 Å². The molecule has 0 spiro atoms. The van der Waals surface area contributed by atoms with Crippen LogP contribution in [-0.4, -0.2) is 25.0 Å². The first kappa shape index (κ1) is 12.3. The molecule has 96 valence electrons. The second kappa shape index (κ2) is 4.75. The van der Waals surface area contributed by atoms with E-state index in [-0.39, 0.29) is 0 Å². The second-order valence-corrected chi connectivity index (χ2v) is 4.92. The molecule has 0 radical (unpaired) electrons. The standard InChI is InChI=1S/C11H7BrClN5O/c1-6-15-16-11(19-6)8-5-9(12)17-18(8)10-7(13)3-2-4-14-10/h2-5H,1H3. The highest BCUT2D eigenvalue weighted by molar-refractivity contribution is 9.10. The van der Waals surface area contributed by atoms with E-state index < -0.39 is 0 Å². The van der Waals surface area contributed by atoms with Gasteiger partial charge in [0.2, 0.25) is 5.89 Å². The van der Waals surface area contributed by atoms with E-state index in [9.17, 15) is 0 Å². The first-order valence-corrected chi connectivity index (χ1v) is 6.49. The third-order valence-corrected chi connectivity index (χ3v) is 3.05. The Morgan fingerprint density at radius 1 is 1.37 bits per heavy atom. The van der Waals surface area contributed by atoms with E-state index >= 15 is 0 Å². The molecule has 3 heterocycles. The fourth-order valence-corrected chi connectivity index (χ4v) is 2.18. The molecule has 0 unspecified atom stereocenters. The van der Waals surface area contributed by atoms with Crippen LogP contribution in [0, 0.1) is 6.92 Å². The molecule has 0 aliphatic rings. The minimum atomic E-state index is 0.359. The Morgan fingerprint density at radius 2 is 2.21 bits per heavy atom. The van der Waals surface area contributed by atoms with Gasteiger partial charge >= 0.3 is 0 Å². The average Bonchev–Trinajstić information content (AvgIpc) is 2.96. The average molecular weight is 341 g/mol. The van der Waals surface area contributed by atoms with Gasteiger partial charge in [-0.2, -0.15) is 5.10 Å². The van der Waals surface area contributed by atoms with E-state index in [1.54, 1.807) is 36.0 Å². The summed E-state index contributed by atoms with van der Waals surface area (Å²) in [5.41, 5.74) is 0.619. The molecule has 0 aromatic carbocycles. The third kappa shape index (κ3) is 2.26. The fraction of sp³-hybridized carbons (Fsp3) is 0.0909. The van der Waals surface area contributed by atoms with Gasteiger partial charge in [0.25, 0.3) is 5.89 Å². The van der Waals surface area contributed by atoms with Crippen molar-refractivity contribution in [2.75, 3.05) is 0 Å². The van der Waals surface area contributed by atoms with Crippen LogP contribution in [0.3, 0.4) is 0 Å². The molecule has 0 fully saturated rings. The van der Waals surface area contributed by atoms with E-state index in [1.807, 2.05) is 0 Å². The molecule has 0 bridgehead atoms. The van der Waals surface area contributed by atoms with Crippen molar-refractivity contribution in [2.24, 2.45) is 0 Å². The monoisotopic (exact) mass is 339 g/mol. The second-order valence-electron chi connectivity index (χ2n) is 3.70. The van der Waals surface area contributed by atoms with Crippen LogP contribution in [0.5, 0.6) is 0 Å². The Labute approximate surface area is 121 Å². The SMILES string of the molecule is Cc1nnc(-c2cc(Br)nn2-c2ncccc2Cl)o1. The predicted octanol–water partition coefficient (Wildman–Crippen LogP) is 3.04. The number of aryl methyl sites for hydroxylation is 1. The minimum Gasteiger partial charge on any atom is -0.420 e. The van der Waals surface area contributed by atoms with Gasteiger partial charge in [0, 0.05) is 19.2 Å². The van der Waals surface area contributed by atoms with Gasteiger partial charge in [-0.05, 0) is 28.1 Å². The van der Waals surface area contributed by atoms with Crippen LogP contribution in [0.4, 0.5) is 0 Å². The Morgan fingerprint density at radius 3 is 2.89 bits per heavy atom. The van der Waals surface area contributed by atoms with Crippen molar-refractivity contribution in [1.29, 1.82) is 0 Å². The summed E-state index contributed by atoms with van der Waals surface area (Å²) in [7, 11) is 0. The number of hydrogen-bond acceptors (Lipinski definition) is 5. The molecule has 6 nitrogen and oxygen atoms in total. The third-order valence-electron chi connectivity index (χ3n) is 2.36. The maximum absolute atomic E-state index is 6.13. The smallest absolute Gasteiger partial charge is 0.266 e. The van der Waals surface area contributed by atoms with Crippen molar-refractivity contribution in [2.45, 2.75) is 6.92 Å². The summed E-state index contributed by atoms with van der Waals surface area (Å²) in [4.78, 5) is 4.21. The summed E-state index contributed by atoms with van der Waals surface area (Å²) in [6.45, 7) is 1.72. The van der Waals surface area contributed by atoms with Crippen molar-refractivity contribution in [1.82, 2.24) is 25.0 Å². The molecule has 0 atom stereocenters. The summed E-state index contributed by atoms with van der Waals surface area (Å²) >= 11 is 9.44. The van der Waals surface area contributed by atoms with Crippen molar-refractivity contribution in [3.8, 4) is 17.4 Å². The summed E-state index contributed by atoms with van der Waals surface area (Å²) in [5, 5.41) is 12.5. The lowest BCUT2D eigenvalue weighted by Crippen LogP contribution is -2.02. The molecular formula is C11H7BrClN5O. The first-order chi connectivity index (χ1) is 9.15. The van der Waals surface area contributed by atoms with Gasteiger partial charge in [0.05, 0.1) is 5.02 Å². The Kier molecular flexibility index (Phi) is 3.08. The number of nitrogens with zero attached hydrogens (tertiary/aromatic N) is 5. The van der Waals surface area contributed by atoms with Crippen LogP contribution in [0.2, 0.25) is 5.02 Å². The van der Waals surface area contributed by atoms with E-state index in [2.05, 4.69) is 36.2 Å². The van der Waals surface area contributed by atoms with Crippen molar-refractivity contribution in [3.63, 3.8) is 0 Å². The predicted molar refractivity (Wildman–Crippen MR) is 72.1 cm³/mol. The molecule has 0 aliphatic carbocycles. The van der Waals surface area contributed by atoms with Gasteiger partial charge in [0.1, 0.15) is 10.3 Å². The number of pyridine rings is 1. The fourth-order valence-electron chi connectivity index (χ4n) is 1.60. The maximum atomic E-state index is 6.13. The molecule has 3 rings (SSSR count). The van der Waals surface area contributed by atoms with Crippen molar-refractivity contribution in [3.05, 3.63) is 39.9 Å². The highest BCUT2D eigenvalue weighted by atomic mass is 79.9. The van der Waals surface area contributed by atoms with Gasteiger partial charge in [0.15, 0.2) is 5.82 Å². The topological polar surface area (TPSA) is 69.6 Å². The summed E-state index contributed by atoms with van der Waals surface area (Å²) in [6.07, 6.45) is 1.64. The molecule has 0 saturated heterocycles. The number of rotatable bonds is 2. The molecule has 3 aromatic heterocycles. The lowest BCUT2D eigenvalue weighted by molar-refractivity contribution is 0.528. The molecule has 3 aromatic rings. The lowest BCUT2D eigenvalue weighted by atomic mass is 10.4. The highest BCUT2D eigenvalue weighted by Crippen LogP contribution is 2.27. The van der Waals surface area contributed by atoms with Crippen molar-refractivity contribution >= 4 is 27.5 Å². The van der Waals surface area contributed by atoms with E-state index in [1.165, 1.54) is 0 Å². The lowest BCUT2D eigenvalue weighted by Gasteiger charge is -2.04. The van der Waals surface area contributed by atoms with Gasteiger partial charge in [-0.15, -0.1) is 10.2 Å². The van der Waals surface area contributed by atoms with Crippen LogP contribution >= 0.6 is 27.5 Å². The summed E-state index contributed by atoms with van der Waals surface area (Å²) in [5.74, 6) is 1.34. The van der Waals surface area contributed by atoms with Gasteiger partial charge in [-0.1, -0.05) is 11.6 Å². The van der Waals surface area contributed by atoms with Gasteiger partial charge in [-0.25, -0.2) is 9.67 Å². The highest BCUT2D eigenvalue weighted by Gasteiger charge is 2.18. The van der Waals surface area contributed by atoms with Crippen LogP contribution < -0.4 is 0 Å². The Bertz CT molecular complexity index is 738. The molecule has 0 amide bonds. The molecule has 19 heavy (non-hydrogen) atoms. The quantitative estimate of drug-likeness (QED) is 0.717. The van der Waals surface area contributed by atoms with E-state index in [4.69, 9.17) is 16.0 Å². The molecule has 0 N–H and O–H groups in total. The van der Waals surface area contributed by atoms with E-state index in [0.717, 1.165) is 0 Å². The zero-order chi connectivity index (χ0) is 13.4. The summed E-state index contributed by atoms with van der Waals surface area (Å²) < 4.78 is 7.59. The van der Waals surface area contributed by atoms with Crippen molar-refractivity contribution < 1.29 is 4.42 Å². The summed E-state index contributed by atoms with van der Waals surface area (Å²) in [6, 6.07) is 5.25. The molecule has 0 aliphatic heterocycles. The number of halogens is 2. The normalized spacial score (nSPS) is 10.9. The van der Waals surface area contributed by atoms with Gasteiger partial charge < -0.3 is 4.42 Å².